The van der Waals surface area contributed by atoms with Crippen molar-refractivity contribution in [1.82, 2.24) is 15.2 Å². The third kappa shape index (κ3) is 5.03. The Morgan fingerprint density at radius 2 is 1.67 bits per heavy atom. The molecule has 0 aliphatic rings. The molecule has 5 nitrogen and oxygen atoms in total. The van der Waals surface area contributed by atoms with Crippen molar-refractivity contribution >= 4 is 17.5 Å². The first-order valence-electron chi connectivity index (χ1n) is 9.32. The third-order valence-corrected chi connectivity index (χ3v) is 4.45. The summed E-state index contributed by atoms with van der Waals surface area (Å²) < 4.78 is 0. The highest BCUT2D eigenvalue weighted by Gasteiger charge is 2.13. The fourth-order valence-electron chi connectivity index (χ4n) is 2.82. The van der Waals surface area contributed by atoms with Crippen LogP contribution in [0.25, 0.3) is 0 Å². The topological polar surface area (TPSA) is 53.9 Å². The van der Waals surface area contributed by atoms with Gasteiger partial charge in [-0.2, -0.15) is 10.1 Å². The summed E-state index contributed by atoms with van der Waals surface area (Å²) in [5.41, 5.74) is 3.65. The first kappa shape index (κ1) is 18.8. The molecule has 3 rings (SSSR count). The number of nitrogens with one attached hydrogen (secondary N) is 1. The lowest BCUT2D eigenvalue weighted by Crippen LogP contribution is -2.24. The number of nitrogens with zero attached hydrogens (tertiary/aromatic N) is 4. The second kappa shape index (κ2) is 8.16. The number of hydrogen-bond acceptors (Lipinski definition) is 5. The van der Waals surface area contributed by atoms with Crippen LogP contribution in [-0.2, 0) is 12.0 Å². The molecule has 0 saturated heterocycles. The van der Waals surface area contributed by atoms with E-state index in [0.29, 0.717) is 11.8 Å². The fourth-order valence-corrected chi connectivity index (χ4v) is 2.82. The Morgan fingerprint density at radius 3 is 2.30 bits per heavy atom. The molecule has 0 fully saturated rings. The van der Waals surface area contributed by atoms with E-state index in [0.717, 1.165) is 18.8 Å². The van der Waals surface area contributed by atoms with Gasteiger partial charge >= 0.3 is 0 Å². The van der Waals surface area contributed by atoms with E-state index in [1.165, 1.54) is 11.1 Å². The van der Waals surface area contributed by atoms with Crippen LogP contribution in [0.3, 0.4) is 0 Å². The molecule has 1 aromatic heterocycles. The van der Waals surface area contributed by atoms with Crippen molar-refractivity contribution in [2.24, 2.45) is 0 Å². The van der Waals surface area contributed by atoms with Gasteiger partial charge in [0.15, 0.2) is 5.82 Å². The van der Waals surface area contributed by atoms with Gasteiger partial charge in [-0.1, -0.05) is 63.2 Å². The molecule has 0 aliphatic heterocycles. The van der Waals surface area contributed by atoms with Gasteiger partial charge in [0.2, 0.25) is 5.95 Å². The van der Waals surface area contributed by atoms with Crippen LogP contribution in [0.1, 0.15) is 38.8 Å². The lowest BCUT2D eigenvalue weighted by Gasteiger charge is -2.21. The molecule has 0 bridgehead atoms. The van der Waals surface area contributed by atoms with E-state index in [9.17, 15) is 0 Å². The molecule has 0 spiro atoms. The summed E-state index contributed by atoms with van der Waals surface area (Å²) in [4.78, 5) is 6.76. The van der Waals surface area contributed by atoms with Gasteiger partial charge in [-0.25, -0.2) is 0 Å². The smallest absolute Gasteiger partial charge is 0.247 e. The minimum atomic E-state index is 0.140. The van der Waals surface area contributed by atoms with Crippen molar-refractivity contribution in [3.63, 3.8) is 0 Å². The Morgan fingerprint density at radius 1 is 0.963 bits per heavy atom. The van der Waals surface area contributed by atoms with E-state index < -0.39 is 0 Å². The molecule has 140 valence electrons. The van der Waals surface area contributed by atoms with Crippen molar-refractivity contribution in [2.75, 3.05) is 16.8 Å². The molecule has 5 heteroatoms. The molecule has 2 aromatic carbocycles. The van der Waals surface area contributed by atoms with Crippen molar-refractivity contribution < 1.29 is 0 Å². The van der Waals surface area contributed by atoms with Gasteiger partial charge in [-0.3, -0.25) is 0 Å². The van der Waals surface area contributed by atoms with E-state index in [-0.39, 0.29) is 5.41 Å². The summed E-state index contributed by atoms with van der Waals surface area (Å²) in [5, 5.41) is 11.7. The predicted molar refractivity (Wildman–Crippen MR) is 111 cm³/mol. The molecular formula is C22H27N5. The Labute approximate surface area is 161 Å². The molecule has 3 aromatic rings. The van der Waals surface area contributed by atoms with Crippen LogP contribution in [0.4, 0.5) is 17.5 Å². The largest absolute Gasteiger partial charge is 0.339 e. The number of hydrogen-bond donors (Lipinski definition) is 1. The van der Waals surface area contributed by atoms with Crippen molar-refractivity contribution in [1.29, 1.82) is 0 Å². The summed E-state index contributed by atoms with van der Waals surface area (Å²) in [5.74, 6) is 1.31. The molecule has 0 aliphatic carbocycles. The van der Waals surface area contributed by atoms with E-state index in [2.05, 4.69) is 89.5 Å². The average molecular weight is 361 g/mol. The van der Waals surface area contributed by atoms with Crippen LogP contribution in [0, 0.1) is 0 Å². The fraction of sp³-hybridized carbons (Fsp3) is 0.318. The number of anilines is 3. The van der Waals surface area contributed by atoms with E-state index in [1.807, 2.05) is 18.2 Å². The minimum Gasteiger partial charge on any atom is -0.339 e. The maximum Gasteiger partial charge on any atom is 0.247 e. The lowest BCUT2D eigenvalue weighted by molar-refractivity contribution is 0.590. The lowest BCUT2D eigenvalue weighted by atomic mass is 9.87. The van der Waals surface area contributed by atoms with Gasteiger partial charge < -0.3 is 10.2 Å². The normalized spacial score (nSPS) is 11.3. The molecule has 1 N–H and O–H groups in total. The Hall–Kier alpha value is -2.95. The van der Waals surface area contributed by atoms with Crippen LogP contribution in [0.2, 0.25) is 0 Å². The van der Waals surface area contributed by atoms with E-state index >= 15 is 0 Å². The summed E-state index contributed by atoms with van der Waals surface area (Å²) in [6, 6.07) is 18.8. The van der Waals surface area contributed by atoms with Crippen LogP contribution in [0.15, 0.2) is 60.8 Å². The van der Waals surface area contributed by atoms with Gasteiger partial charge in [0.25, 0.3) is 0 Å². The zero-order valence-electron chi connectivity index (χ0n) is 16.5. The van der Waals surface area contributed by atoms with Crippen LogP contribution in [0.5, 0.6) is 0 Å². The van der Waals surface area contributed by atoms with Crippen LogP contribution >= 0.6 is 0 Å². The number of aromatic nitrogens is 3. The molecule has 0 atom stereocenters. The summed E-state index contributed by atoms with van der Waals surface area (Å²) in [6.45, 7) is 10.3. The van der Waals surface area contributed by atoms with Gasteiger partial charge in [0, 0.05) is 18.8 Å². The second-order valence-corrected chi connectivity index (χ2v) is 7.59. The molecule has 0 saturated carbocycles. The highest BCUT2D eigenvalue weighted by molar-refractivity contribution is 5.57. The molecular weight excluding hydrogens is 334 g/mol. The first-order chi connectivity index (χ1) is 13.0. The van der Waals surface area contributed by atoms with Crippen molar-refractivity contribution in [2.45, 2.75) is 39.7 Å². The van der Waals surface area contributed by atoms with E-state index in [1.54, 1.807) is 6.20 Å². The Bertz CT molecular complexity index is 854. The van der Waals surface area contributed by atoms with Crippen molar-refractivity contribution in [3.8, 4) is 0 Å². The molecule has 0 radical (unpaired) electrons. The van der Waals surface area contributed by atoms with Crippen LogP contribution < -0.4 is 10.2 Å². The van der Waals surface area contributed by atoms with Gasteiger partial charge in [0.05, 0.1) is 6.20 Å². The Kier molecular flexibility index (Phi) is 5.69. The minimum absolute atomic E-state index is 0.140. The molecule has 0 unspecified atom stereocenters. The zero-order valence-corrected chi connectivity index (χ0v) is 16.5. The van der Waals surface area contributed by atoms with Crippen molar-refractivity contribution in [3.05, 3.63) is 71.9 Å². The first-order valence-corrected chi connectivity index (χ1v) is 9.32. The van der Waals surface area contributed by atoms with Gasteiger partial charge in [0.1, 0.15) is 0 Å². The zero-order chi connectivity index (χ0) is 19.3. The average Bonchev–Trinajstić information content (AvgIpc) is 2.67. The highest BCUT2D eigenvalue weighted by Crippen LogP contribution is 2.24. The standard InChI is InChI=1S/C22H27N5/c1-5-27(16-17-9-7-6-8-10-17)21-25-20(15-23-26-21)24-19-13-11-18(12-14-19)22(2,3)4/h6-15H,5,16H2,1-4H3,(H,24,25,26). The molecule has 27 heavy (non-hydrogen) atoms. The predicted octanol–water partition coefficient (Wildman–Crippen LogP) is 4.94. The maximum absolute atomic E-state index is 4.65. The summed E-state index contributed by atoms with van der Waals surface area (Å²) in [6.07, 6.45) is 1.65. The monoisotopic (exact) mass is 361 g/mol. The molecule has 0 amide bonds. The number of benzene rings is 2. The number of rotatable bonds is 6. The van der Waals surface area contributed by atoms with E-state index in [4.69, 9.17) is 0 Å². The summed E-state index contributed by atoms with van der Waals surface area (Å²) >= 11 is 0. The Balaban J connectivity index is 1.74. The van der Waals surface area contributed by atoms with Gasteiger partial charge in [-0.15, -0.1) is 5.10 Å². The third-order valence-electron chi connectivity index (χ3n) is 4.45. The highest BCUT2D eigenvalue weighted by atomic mass is 15.3. The second-order valence-electron chi connectivity index (χ2n) is 7.59. The SMILES string of the molecule is CCN(Cc1ccccc1)c1nncc(Nc2ccc(C(C)(C)C)cc2)n1. The molecule has 1 heterocycles. The van der Waals surface area contributed by atoms with Gasteiger partial charge in [-0.05, 0) is 35.6 Å². The summed E-state index contributed by atoms with van der Waals surface area (Å²) in [7, 11) is 0. The van der Waals surface area contributed by atoms with Crippen LogP contribution in [-0.4, -0.2) is 21.7 Å². The quantitative estimate of drug-likeness (QED) is 0.674. The maximum atomic E-state index is 4.65.